The van der Waals surface area contributed by atoms with Crippen molar-refractivity contribution in [2.75, 3.05) is 13.7 Å². The zero-order chi connectivity index (χ0) is 10.1. The molecule has 1 aliphatic heterocycles. The summed E-state index contributed by atoms with van der Waals surface area (Å²) in [4.78, 5) is 0.587. The second-order valence-electron chi connectivity index (χ2n) is 3.13. The van der Waals surface area contributed by atoms with Crippen molar-refractivity contribution in [1.29, 1.82) is 0 Å². The van der Waals surface area contributed by atoms with Gasteiger partial charge in [-0.2, -0.15) is 0 Å². The molecule has 0 radical (unpaired) electrons. The number of methoxy groups -OCH3 is 1. The maximum absolute atomic E-state index is 5.57. The van der Waals surface area contributed by atoms with Gasteiger partial charge in [-0.15, -0.1) is 0 Å². The Balaban J connectivity index is 2.41. The molecular formula is C10H10Br2O2. The Morgan fingerprint density at radius 3 is 2.93 bits per heavy atom. The SMILES string of the molecule is COc1ccc2c(c1)[C@H](Br)[C@@H](Br)CO2. The van der Waals surface area contributed by atoms with Crippen LogP contribution >= 0.6 is 31.9 Å². The van der Waals surface area contributed by atoms with E-state index in [0.717, 1.165) is 17.1 Å². The lowest BCUT2D eigenvalue weighted by atomic mass is 10.1. The lowest BCUT2D eigenvalue weighted by Crippen LogP contribution is -2.22. The number of fused-ring (bicyclic) bond motifs is 1. The maximum Gasteiger partial charge on any atom is 0.123 e. The van der Waals surface area contributed by atoms with Gasteiger partial charge in [-0.05, 0) is 18.2 Å². The molecule has 2 nitrogen and oxygen atoms in total. The molecule has 0 amide bonds. The van der Waals surface area contributed by atoms with Gasteiger partial charge in [-0.1, -0.05) is 31.9 Å². The van der Waals surface area contributed by atoms with Crippen molar-refractivity contribution in [2.24, 2.45) is 0 Å². The summed E-state index contributed by atoms with van der Waals surface area (Å²) in [6.07, 6.45) is 0. The van der Waals surface area contributed by atoms with Gasteiger partial charge in [-0.3, -0.25) is 0 Å². The third kappa shape index (κ3) is 1.77. The van der Waals surface area contributed by atoms with Gasteiger partial charge in [0, 0.05) is 5.56 Å². The number of hydrogen-bond donors (Lipinski definition) is 0. The number of halogens is 2. The van der Waals surface area contributed by atoms with E-state index < -0.39 is 0 Å². The standard InChI is InChI=1S/C10H10Br2O2/c1-13-6-2-3-9-7(4-6)10(12)8(11)5-14-9/h2-4,8,10H,5H2,1H3/t8-,10-/m0/s1. The molecule has 0 saturated carbocycles. The minimum Gasteiger partial charge on any atom is -0.497 e. The molecule has 2 rings (SSSR count). The first-order valence-electron chi connectivity index (χ1n) is 4.31. The molecule has 1 aromatic carbocycles. The maximum atomic E-state index is 5.57. The molecule has 1 aromatic rings. The van der Waals surface area contributed by atoms with Crippen molar-refractivity contribution in [3.05, 3.63) is 23.8 Å². The molecule has 0 saturated heterocycles. The van der Waals surface area contributed by atoms with Gasteiger partial charge in [0.15, 0.2) is 0 Å². The van der Waals surface area contributed by atoms with E-state index in [2.05, 4.69) is 31.9 Å². The van der Waals surface area contributed by atoms with Gasteiger partial charge >= 0.3 is 0 Å². The summed E-state index contributed by atoms with van der Waals surface area (Å²) in [5.41, 5.74) is 1.14. The largest absolute Gasteiger partial charge is 0.497 e. The quantitative estimate of drug-likeness (QED) is 0.739. The van der Waals surface area contributed by atoms with Gasteiger partial charge in [-0.25, -0.2) is 0 Å². The predicted molar refractivity (Wildman–Crippen MR) is 62.9 cm³/mol. The van der Waals surface area contributed by atoms with Crippen LogP contribution in [0.4, 0.5) is 0 Å². The first kappa shape index (κ1) is 10.3. The third-order valence-electron chi connectivity index (χ3n) is 2.23. The topological polar surface area (TPSA) is 18.5 Å². The summed E-state index contributed by atoms with van der Waals surface area (Å²) in [6, 6.07) is 5.86. The average molecular weight is 322 g/mol. The van der Waals surface area contributed by atoms with E-state index in [1.54, 1.807) is 7.11 Å². The summed E-state index contributed by atoms with van der Waals surface area (Å²) in [5, 5.41) is 0. The molecule has 0 unspecified atom stereocenters. The molecule has 0 fully saturated rings. The van der Waals surface area contributed by atoms with E-state index in [4.69, 9.17) is 9.47 Å². The van der Waals surface area contributed by atoms with Gasteiger partial charge in [0.2, 0.25) is 0 Å². The number of ether oxygens (including phenoxy) is 2. The molecule has 1 aliphatic rings. The Morgan fingerprint density at radius 1 is 1.43 bits per heavy atom. The Bertz CT molecular complexity index is 341. The van der Waals surface area contributed by atoms with Crippen LogP contribution in [0.2, 0.25) is 0 Å². The normalized spacial score (nSPS) is 25.1. The molecule has 0 aromatic heterocycles. The van der Waals surface area contributed by atoms with E-state index >= 15 is 0 Å². The highest BCUT2D eigenvalue weighted by Gasteiger charge is 2.27. The highest BCUT2D eigenvalue weighted by Crippen LogP contribution is 2.42. The molecule has 1 heterocycles. The van der Waals surface area contributed by atoms with Crippen molar-refractivity contribution in [3.63, 3.8) is 0 Å². The second kappa shape index (κ2) is 4.11. The molecule has 0 bridgehead atoms. The molecule has 0 N–H and O–H groups in total. The zero-order valence-electron chi connectivity index (χ0n) is 7.67. The fourth-order valence-electron chi connectivity index (χ4n) is 1.45. The molecule has 0 aliphatic carbocycles. The molecule has 0 spiro atoms. The van der Waals surface area contributed by atoms with Crippen molar-refractivity contribution >= 4 is 31.9 Å². The molecule has 2 atom stereocenters. The van der Waals surface area contributed by atoms with Gasteiger partial charge < -0.3 is 9.47 Å². The minimum atomic E-state index is 0.279. The van der Waals surface area contributed by atoms with Crippen molar-refractivity contribution in [2.45, 2.75) is 9.65 Å². The van der Waals surface area contributed by atoms with E-state index in [1.165, 1.54) is 0 Å². The monoisotopic (exact) mass is 320 g/mol. The highest BCUT2D eigenvalue weighted by atomic mass is 79.9. The summed E-state index contributed by atoms with van der Waals surface area (Å²) < 4.78 is 10.7. The van der Waals surface area contributed by atoms with E-state index in [1.807, 2.05) is 18.2 Å². The molecular weight excluding hydrogens is 312 g/mol. The third-order valence-corrected chi connectivity index (χ3v) is 4.86. The fourth-order valence-corrected chi connectivity index (χ4v) is 2.38. The van der Waals surface area contributed by atoms with Crippen LogP contribution < -0.4 is 9.47 Å². The number of alkyl halides is 2. The first-order chi connectivity index (χ1) is 6.72. The van der Waals surface area contributed by atoms with Crippen LogP contribution in [0.25, 0.3) is 0 Å². The van der Waals surface area contributed by atoms with Crippen molar-refractivity contribution in [3.8, 4) is 11.5 Å². The molecule has 14 heavy (non-hydrogen) atoms. The van der Waals surface area contributed by atoms with Gasteiger partial charge in [0.05, 0.1) is 16.8 Å². The van der Waals surface area contributed by atoms with E-state index in [-0.39, 0.29) is 4.83 Å². The van der Waals surface area contributed by atoms with E-state index in [9.17, 15) is 0 Å². The van der Waals surface area contributed by atoms with Crippen LogP contribution in [0.15, 0.2) is 18.2 Å². The summed E-state index contributed by atoms with van der Waals surface area (Å²) >= 11 is 7.19. The minimum absolute atomic E-state index is 0.279. The zero-order valence-corrected chi connectivity index (χ0v) is 10.8. The number of hydrogen-bond acceptors (Lipinski definition) is 2. The second-order valence-corrected chi connectivity index (χ2v) is 5.30. The highest BCUT2D eigenvalue weighted by molar-refractivity contribution is 9.12. The van der Waals surface area contributed by atoms with Gasteiger partial charge in [0.1, 0.15) is 18.1 Å². The lowest BCUT2D eigenvalue weighted by Gasteiger charge is -2.26. The van der Waals surface area contributed by atoms with Crippen molar-refractivity contribution in [1.82, 2.24) is 0 Å². The predicted octanol–water partition coefficient (Wildman–Crippen LogP) is 3.29. The number of rotatable bonds is 1. The Hall–Kier alpha value is -0.220. The first-order valence-corrected chi connectivity index (χ1v) is 6.14. The number of benzene rings is 1. The van der Waals surface area contributed by atoms with Crippen LogP contribution in [-0.2, 0) is 0 Å². The van der Waals surface area contributed by atoms with Crippen LogP contribution in [0, 0.1) is 0 Å². The summed E-state index contributed by atoms with van der Waals surface area (Å²) in [7, 11) is 1.67. The Morgan fingerprint density at radius 2 is 2.21 bits per heavy atom. The fraction of sp³-hybridized carbons (Fsp3) is 0.400. The average Bonchev–Trinajstić information content (AvgIpc) is 2.23. The van der Waals surface area contributed by atoms with Crippen LogP contribution in [0.1, 0.15) is 10.4 Å². The van der Waals surface area contributed by atoms with Crippen molar-refractivity contribution < 1.29 is 9.47 Å². The summed E-state index contributed by atoms with van der Waals surface area (Å²) in [5.74, 6) is 1.79. The van der Waals surface area contributed by atoms with Crippen LogP contribution in [0.5, 0.6) is 11.5 Å². The lowest BCUT2D eigenvalue weighted by molar-refractivity contribution is 0.294. The Kier molecular flexibility index (Phi) is 3.02. The smallest absolute Gasteiger partial charge is 0.123 e. The van der Waals surface area contributed by atoms with Crippen LogP contribution in [0.3, 0.4) is 0 Å². The molecule has 76 valence electrons. The molecule has 4 heteroatoms. The van der Waals surface area contributed by atoms with Gasteiger partial charge in [0.25, 0.3) is 0 Å². The summed E-state index contributed by atoms with van der Waals surface area (Å²) in [6.45, 7) is 0.690. The van der Waals surface area contributed by atoms with Crippen LogP contribution in [-0.4, -0.2) is 18.5 Å². The van der Waals surface area contributed by atoms with E-state index in [0.29, 0.717) is 11.4 Å². The Labute approximate surface area is 99.8 Å².